The lowest BCUT2D eigenvalue weighted by atomic mass is 10.1. The Kier molecular flexibility index (Phi) is 4.62. The molecule has 5 nitrogen and oxygen atoms in total. The molecule has 2 rings (SSSR count). The summed E-state index contributed by atoms with van der Waals surface area (Å²) >= 11 is 0. The van der Waals surface area contributed by atoms with E-state index in [-0.39, 0.29) is 24.1 Å². The second kappa shape index (κ2) is 6.43. The van der Waals surface area contributed by atoms with Gasteiger partial charge in [0, 0.05) is 17.8 Å². The number of hydrogen-bond acceptors (Lipinski definition) is 2. The predicted molar refractivity (Wildman–Crippen MR) is 81.4 cm³/mol. The fourth-order valence-electron chi connectivity index (χ4n) is 2.38. The van der Waals surface area contributed by atoms with Crippen LogP contribution in [0.4, 0.5) is 0 Å². The largest absolute Gasteiger partial charge is 0.478 e. The van der Waals surface area contributed by atoms with Gasteiger partial charge in [-0.05, 0) is 36.4 Å². The first-order valence-corrected chi connectivity index (χ1v) is 7.16. The molecule has 1 aromatic heterocycles. The van der Waals surface area contributed by atoms with Crippen LogP contribution < -0.4 is 5.32 Å². The molecule has 0 aliphatic heterocycles. The van der Waals surface area contributed by atoms with Crippen LogP contribution in [-0.4, -0.2) is 27.6 Å². The van der Waals surface area contributed by atoms with Crippen LogP contribution in [0.1, 0.15) is 37.0 Å². The van der Waals surface area contributed by atoms with Gasteiger partial charge in [0.25, 0.3) is 0 Å². The Bertz CT molecular complexity index is 657. The van der Waals surface area contributed by atoms with E-state index in [4.69, 9.17) is 5.11 Å². The minimum Gasteiger partial charge on any atom is -0.478 e. The second-order valence-electron chi connectivity index (χ2n) is 5.10. The van der Waals surface area contributed by atoms with E-state index in [1.165, 1.54) is 0 Å². The fourth-order valence-corrected chi connectivity index (χ4v) is 2.38. The van der Waals surface area contributed by atoms with E-state index in [2.05, 4.69) is 5.32 Å². The summed E-state index contributed by atoms with van der Waals surface area (Å²) in [6.07, 6.45) is 3.61. The van der Waals surface area contributed by atoms with Crippen LogP contribution in [0.2, 0.25) is 0 Å². The van der Waals surface area contributed by atoms with E-state index >= 15 is 0 Å². The third-order valence-electron chi connectivity index (χ3n) is 3.69. The number of carboxylic acids is 1. The van der Waals surface area contributed by atoms with E-state index in [0.717, 1.165) is 23.7 Å². The highest BCUT2D eigenvalue weighted by atomic mass is 16.4. The topological polar surface area (TPSA) is 71.3 Å². The third-order valence-corrected chi connectivity index (χ3v) is 3.69. The molecule has 2 N–H and O–H groups in total. The van der Waals surface area contributed by atoms with E-state index in [1.807, 2.05) is 26.1 Å². The number of nitrogens with one attached hydrogen (secondary N) is 1. The summed E-state index contributed by atoms with van der Waals surface area (Å²) < 4.78 is 1.78. The number of hydrogen-bond donors (Lipinski definition) is 2. The quantitative estimate of drug-likeness (QED) is 0.858. The summed E-state index contributed by atoms with van der Waals surface area (Å²) in [4.78, 5) is 23.1. The standard InChI is InChI=1S/C16H20N2O3/c1-3-13(4-2)17-15(19)10-18-8-7-11-5-6-12(16(20)21)9-14(11)18/h5-9,13H,3-4,10H2,1-2H3,(H,17,19)(H,20,21). The average Bonchev–Trinajstić information content (AvgIpc) is 2.87. The molecule has 5 heteroatoms. The van der Waals surface area contributed by atoms with Crippen LogP contribution >= 0.6 is 0 Å². The van der Waals surface area contributed by atoms with Crippen LogP contribution in [0.5, 0.6) is 0 Å². The Balaban J connectivity index is 2.20. The van der Waals surface area contributed by atoms with Gasteiger partial charge >= 0.3 is 5.97 Å². The maximum Gasteiger partial charge on any atom is 0.335 e. The van der Waals surface area contributed by atoms with Crippen LogP contribution in [0.15, 0.2) is 30.5 Å². The van der Waals surface area contributed by atoms with Crippen molar-refractivity contribution in [3.05, 3.63) is 36.0 Å². The van der Waals surface area contributed by atoms with Gasteiger partial charge in [0.15, 0.2) is 0 Å². The third kappa shape index (κ3) is 3.42. The van der Waals surface area contributed by atoms with Crippen molar-refractivity contribution < 1.29 is 14.7 Å². The number of carbonyl (C=O) groups is 2. The second-order valence-corrected chi connectivity index (χ2v) is 5.10. The average molecular weight is 288 g/mol. The molecule has 1 amide bonds. The zero-order chi connectivity index (χ0) is 15.4. The molecular formula is C16H20N2O3. The van der Waals surface area contributed by atoms with Gasteiger partial charge in [0.05, 0.1) is 5.56 Å². The normalized spacial score (nSPS) is 11.0. The van der Waals surface area contributed by atoms with Gasteiger partial charge in [-0.3, -0.25) is 4.79 Å². The minimum atomic E-state index is -0.967. The molecule has 0 radical (unpaired) electrons. The highest BCUT2D eigenvalue weighted by Gasteiger charge is 2.11. The molecule has 0 bridgehead atoms. The van der Waals surface area contributed by atoms with Crippen molar-refractivity contribution in [1.82, 2.24) is 9.88 Å². The van der Waals surface area contributed by atoms with Gasteiger partial charge < -0.3 is 15.0 Å². The van der Waals surface area contributed by atoms with Crippen molar-refractivity contribution >= 4 is 22.8 Å². The van der Waals surface area contributed by atoms with Gasteiger partial charge in [-0.15, -0.1) is 0 Å². The lowest BCUT2D eigenvalue weighted by Crippen LogP contribution is -2.36. The first-order chi connectivity index (χ1) is 10.0. The monoisotopic (exact) mass is 288 g/mol. The number of nitrogens with zero attached hydrogens (tertiary/aromatic N) is 1. The van der Waals surface area contributed by atoms with Gasteiger partial charge in [-0.1, -0.05) is 19.9 Å². The first-order valence-electron chi connectivity index (χ1n) is 7.16. The van der Waals surface area contributed by atoms with E-state index < -0.39 is 5.97 Å². The molecule has 0 aliphatic rings. The summed E-state index contributed by atoms with van der Waals surface area (Å²) in [5, 5.41) is 13.0. The summed E-state index contributed by atoms with van der Waals surface area (Å²) in [6, 6.07) is 7.00. The number of carboxylic acid groups (broad SMARTS) is 1. The molecule has 0 saturated carbocycles. The molecule has 1 aromatic carbocycles. The number of rotatable bonds is 6. The highest BCUT2D eigenvalue weighted by Crippen LogP contribution is 2.18. The zero-order valence-electron chi connectivity index (χ0n) is 12.3. The highest BCUT2D eigenvalue weighted by molar-refractivity contribution is 5.94. The van der Waals surface area contributed by atoms with Crippen LogP contribution in [0, 0.1) is 0 Å². The smallest absolute Gasteiger partial charge is 0.335 e. The lowest BCUT2D eigenvalue weighted by Gasteiger charge is -2.15. The van der Waals surface area contributed by atoms with Crippen molar-refractivity contribution in [2.24, 2.45) is 0 Å². The summed E-state index contributed by atoms with van der Waals surface area (Å²) in [5.74, 6) is -1.02. The number of carbonyl (C=O) groups excluding carboxylic acids is 1. The number of amides is 1. The Morgan fingerprint density at radius 3 is 2.57 bits per heavy atom. The number of fused-ring (bicyclic) bond motifs is 1. The fraction of sp³-hybridized carbons (Fsp3) is 0.375. The number of aromatic nitrogens is 1. The first kappa shape index (κ1) is 15.1. The Labute approximate surface area is 123 Å². The maximum atomic E-state index is 12.1. The van der Waals surface area contributed by atoms with Crippen molar-refractivity contribution in [2.45, 2.75) is 39.3 Å². The summed E-state index contributed by atoms with van der Waals surface area (Å²) in [6.45, 7) is 4.28. The van der Waals surface area contributed by atoms with Crippen molar-refractivity contribution in [1.29, 1.82) is 0 Å². The van der Waals surface area contributed by atoms with Crippen molar-refractivity contribution in [3.63, 3.8) is 0 Å². The molecule has 0 unspecified atom stereocenters. The zero-order valence-corrected chi connectivity index (χ0v) is 12.3. The Hall–Kier alpha value is -2.30. The molecule has 21 heavy (non-hydrogen) atoms. The molecule has 0 saturated heterocycles. The molecule has 0 atom stereocenters. The van der Waals surface area contributed by atoms with Crippen LogP contribution in [0.25, 0.3) is 10.9 Å². The van der Waals surface area contributed by atoms with Gasteiger partial charge in [-0.2, -0.15) is 0 Å². The van der Waals surface area contributed by atoms with Gasteiger partial charge in [-0.25, -0.2) is 4.79 Å². The van der Waals surface area contributed by atoms with Crippen LogP contribution in [-0.2, 0) is 11.3 Å². The Morgan fingerprint density at radius 2 is 1.95 bits per heavy atom. The maximum absolute atomic E-state index is 12.1. The predicted octanol–water partition coefficient (Wildman–Crippen LogP) is 2.64. The molecular weight excluding hydrogens is 268 g/mol. The summed E-state index contributed by atoms with van der Waals surface area (Å²) in [7, 11) is 0. The van der Waals surface area contributed by atoms with Crippen LogP contribution in [0.3, 0.4) is 0 Å². The SMILES string of the molecule is CCC(CC)NC(=O)Cn1ccc2ccc(C(=O)O)cc21. The van der Waals surface area contributed by atoms with Gasteiger partial charge in [0.1, 0.15) is 6.54 Å². The van der Waals surface area contributed by atoms with E-state index in [9.17, 15) is 9.59 Å². The lowest BCUT2D eigenvalue weighted by molar-refractivity contribution is -0.122. The molecule has 0 fully saturated rings. The minimum absolute atomic E-state index is 0.0538. The molecule has 0 spiro atoms. The molecule has 1 heterocycles. The number of benzene rings is 1. The Morgan fingerprint density at radius 1 is 1.24 bits per heavy atom. The molecule has 112 valence electrons. The van der Waals surface area contributed by atoms with Crippen molar-refractivity contribution in [3.8, 4) is 0 Å². The van der Waals surface area contributed by atoms with Gasteiger partial charge in [0.2, 0.25) is 5.91 Å². The molecule has 2 aromatic rings. The number of aromatic carboxylic acids is 1. The van der Waals surface area contributed by atoms with Crippen molar-refractivity contribution in [2.75, 3.05) is 0 Å². The summed E-state index contributed by atoms with van der Waals surface area (Å²) in [5.41, 5.74) is 0.984. The van der Waals surface area contributed by atoms with E-state index in [1.54, 1.807) is 22.8 Å². The van der Waals surface area contributed by atoms with E-state index in [0.29, 0.717) is 0 Å². The molecule has 0 aliphatic carbocycles.